The number of benzene rings is 1. The summed E-state index contributed by atoms with van der Waals surface area (Å²) in [6.07, 6.45) is 4.92. The normalized spacial score (nSPS) is 11.6. The van der Waals surface area contributed by atoms with Gasteiger partial charge in [-0.3, -0.25) is 4.79 Å². The first kappa shape index (κ1) is 17.2. The molecule has 0 saturated carbocycles. The van der Waals surface area contributed by atoms with E-state index in [2.05, 4.69) is 5.32 Å². The SMILES string of the molecule is CCC(CC)(CO)CNC(=O)/C=C/c1cccc(OC)c1. The van der Waals surface area contributed by atoms with Gasteiger partial charge in [-0.25, -0.2) is 0 Å². The number of methoxy groups -OCH3 is 1. The van der Waals surface area contributed by atoms with Crippen molar-refractivity contribution in [2.75, 3.05) is 20.3 Å². The van der Waals surface area contributed by atoms with Crippen LogP contribution < -0.4 is 10.1 Å². The van der Waals surface area contributed by atoms with Gasteiger partial charge in [-0.05, 0) is 36.6 Å². The molecule has 4 heteroatoms. The molecule has 1 aromatic rings. The van der Waals surface area contributed by atoms with Crippen LogP contribution in [0.2, 0.25) is 0 Å². The van der Waals surface area contributed by atoms with E-state index in [-0.39, 0.29) is 17.9 Å². The number of hydrogen-bond donors (Lipinski definition) is 2. The highest BCUT2D eigenvalue weighted by molar-refractivity contribution is 5.91. The predicted molar refractivity (Wildman–Crippen MR) is 85.1 cm³/mol. The fraction of sp³-hybridized carbons (Fsp3) is 0.471. The fourth-order valence-corrected chi connectivity index (χ4v) is 2.03. The fourth-order valence-electron chi connectivity index (χ4n) is 2.03. The number of carbonyl (C=O) groups is 1. The average Bonchev–Trinajstić information content (AvgIpc) is 2.55. The van der Waals surface area contributed by atoms with E-state index in [1.165, 1.54) is 6.08 Å². The summed E-state index contributed by atoms with van der Waals surface area (Å²) < 4.78 is 5.14. The van der Waals surface area contributed by atoms with Crippen LogP contribution in [0.1, 0.15) is 32.3 Å². The minimum Gasteiger partial charge on any atom is -0.497 e. The predicted octanol–water partition coefficient (Wildman–Crippen LogP) is 2.62. The summed E-state index contributed by atoms with van der Waals surface area (Å²) in [6.45, 7) is 4.62. The van der Waals surface area contributed by atoms with Crippen LogP contribution in [0.5, 0.6) is 5.75 Å². The topological polar surface area (TPSA) is 58.6 Å². The van der Waals surface area contributed by atoms with Crippen LogP contribution in [0.25, 0.3) is 6.08 Å². The number of hydrogen-bond acceptors (Lipinski definition) is 3. The number of rotatable bonds is 8. The molecule has 0 aliphatic rings. The van der Waals surface area contributed by atoms with Gasteiger partial charge in [0.05, 0.1) is 13.7 Å². The van der Waals surface area contributed by atoms with Gasteiger partial charge < -0.3 is 15.2 Å². The number of aliphatic hydroxyl groups excluding tert-OH is 1. The molecule has 0 atom stereocenters. The molecular weight excluding hydrogens is 266 g/mol. The Bertz CT molecular complexity index is 470. The van der Waals surface area contributed by atoms with Crippen LogP contribution >= 0.6 is 0 Å². The Balaban J connectivity index is 2.58. The van der Waals surface area contributed by atoms with Crippen molar-refractivity contribution >= 4 is 12.0 Å². The molecule has 0 aliphatic heterocycles. The molecule has 0 heterocycles. The summed E-state index contributed by atoms with van der Waals surface area (Å²) >= 11 is 0. The van der Waals surface area contributed by atoms with Gasteiger partial charge in [-0.1, -0.05) is 26.0 Å². The monoisotopic (exact) mass is 291 g/mol. The Morgan fingerprint density at radius 1 is 1.38 bits per heavy atom. The first-order valence-corrected chi connectivity index (χ1v) is 7.30. The second-order valence-corrected chi connectivity index (χ2v) is 5.19. The number of aliphatic hydroxyl groups is 1. The highest BCUT2D eigenvalue weighted by Gasteiger charge is 2.25. The molecule has 0 radical (unpaired) electrons. The summed E-state index contributed by atoms with van der Waals surface area (Å²) in [6, 6.07) is 7.50. The Morgan fingerprint density at radius 2 is 2.10 bits per heavy atom. The molecule has 0 unspecified atom stereocenters. The van der Waals surface area contributed by atoms with Gasteiger partial charge in [0.25, 0.3) is 0 Å². The zero-order valence-electron chi connectivity index (χ0n) is 13.1. The molecule has 21 heavy (non-hydrogen) atoms. The van der Waals surface area contributed by atoms with E-state index in [4.69, 9.17) is 4.74 Å². The first-order valence-electron chi connectivity index (χ1n) is 7.30. The quantitative estimate of drug-likeness (QED) is 0.724. The van der Waals surface area contributed by atoms with Crippen molar-refractivity contribution in [3.05, 3.63) is 35.9 Å². The van der Waals surface area contributed by atoms with E-state index < -0.39 is 0 Å². The minimum absolute atomic E-state index is 0.0832. The third-order valence-corrected chi connectivity index (χ3v) is 3.99. The molecule has 0 spiro atoms. The summed E-state index contributed by atoms with van der Waals surface area (Å²) in [4.78, 5) is 11.9. The second kappa shape index (κ2) is 8.47. The van der Waals surface area contributed by atoms with Crippen LogP contribution in [0.3, 0.4) is 0 Å². The van der Waals surface area contributed by atoms with Gasteiger partial charge in [0.2, 0.25) is 5.91 Å². The van der Waals surface area contributed by atoms with Crippen LogP contribution in [0, 0.1) is 5.41 Å². The maximum Gasteiger partial charge on any atom is 0.244 e. The summed E-state index contributed by atoms with van der Waals surface area (Å²) in [5, 5.41) is 12.3. The molecular formula is C17H25NO3. The van der Waals surface area contributed by atoms with Crippen molar-refractivity contribution in [1.82, 2.24) is 5.32 Å². The largest absolute Gasteiger partial charge is 0.497 e. The smallest absolute Gasteiger partial charge is 0.244 e. The third-order valence-electron chi connectivity index (χ3n) is 3.99. The van der Waals surface area contributed by atoms with E-state index in [0.29, 0.717) is 6.54 Å². The molecule has 116 valence electrons. The van der Waals surface area contributed by atoms with Gasteiger partial charge in [0.15, 0.2) is 0 Å². The average molecular weight is 291 g/mol. The molecule has 0 bridgehead atoms. The molecule has 1 aromatic carbocycles. The lowest BCUT2D eigenvalue weighted by atomic mass is 9.83. The minimum atomic E-state index is -0.223. The lowest BCUT2D eigenvalue weighted by Crippen LogP contribution is -2.38. The number of amides is 1. The molecule has 2 N–H and O–H groups in total. The van der Waals surface area contributed by atoms with E-state index >= 15 is 0 Å². The van der Waals surface area contributed by atoms with Crippen molar-refractivity contribution in [2.45, 2.75) is 26.7 Å². The summed E-state index contributed by atoms with van der Waals surface area (Å²) in [7, 11) is 1.61. The van der Waals surface area contributed by atoms with Crippen molar-refractivity contribution < 1.29 is 14.6 Å². The van der Waals surface area contributed by atoms with Gasteiger partial charge in [-0.15, -0.1) is 0 Å². The van der Waals surface area contributed by atoms with Gasteiger partial charge in [-0.2, -0.15) is 0 Å². The molecule has 1 amide bonds. The summed E-state index contributed by atoms with van der Waals surface area (Å²) in [5.74, 6) is 0.603. The van der Waals surface area contributed by atoms with Crippen LogP contribution in [-0.2, 0) is 4.79 Å². The molecule has 0 aliphatic carbocycles. The van der Waals surface area contributed by atoms with Gasteiger partial charge in [0, 0.05) is 18.0 Å². The van der Waals surface area contributed by atoms with Gasteiger partial charge >= 0.3 is 0 Å². The first-order chi connectivity index (χ1) is 10.1. The lowest BCUT2D eigenvalue weighted by Gasteiger charge is -2.29. The van der Waals surface area contributed by atoms with E-state index in [1.54, 1.807) is 13.2 Å². The summed E-state index contributed by atoms with van der Waals surface area (Å²) in [5.41, 5.74) is 0.684. The van der Waals surface area contributed by atoms with E-state index in [9.17, 15) is 9.90 Å². The standard InChI is InChI=1S/C17H25NO3/c1-4-17(5-2,13-19)12-18-16(20)10-9-14-7-6-8-15(11-14)21-3/h6-11,19H,4-5,12-13H2,1-3H3,(H,18,20)/b10-9+. The zero-order valence-corrected chi connectivity index (χ0v) is 13.1. The Kier molecular flexibility index (Phi) is 6.96. The number of nitrogens with one attached hydrogen (secondary N) is 1. The van der Waals surface area contributed by atoms with E-state index in [1.807, 2.05) is 38.1 Å². The highest BCUT2D eigenvalue weighted by Crippen LogP contribution is 2.24. The van der Waals surface area contributed by atoms with Gasteiger partial charge in [0.1, 0.15) is 5.75 Å². The third kappa shape index (κ3) is 5.23. The zero-order chi connectivity index (χ0) is 15.7. The maximum atomic E-state index is 11.9. The van der Waals surface area contributed by atoms with Crippen LogP contribution in [0.15, 0.2) is 30.3 Å². The molecule has 4 nitrogen and oxygen atoms in total. The van der Waals surface area contributed by atoms with Crippen LogP contribution in [-0.4, -0.2) is 31.3 Å². The lowest BCUT2D eigenvalue weighted by molar-refractivity contribution is -0.117. The maximum absolute atomic E-state index is 11.9. The Labute approximate surface area is 126 Å². The molecule has 1 rings (SSSR count). The number of carbonyl (C=O) groups excluding carboxylic acids is 1. The van der Waals surface area contributed by atoms with Crippen molar-refractivity contribution in [2.24, 2.45) is 5.41 Å². The molecule has 0 fully saturated rings. The van der Waals surface area contributed by atoms with Crippen molar-refractivity contribution in [3.63, 3.8) is 0 Å². The molecule has 0 aromatic heterocycles. The Morgan fingerprint density at radius 3 is 2.67 bits per heavy atom. The van der Waals surface area contributed by atoms with Crippen molar-refractivity contribution in [1.29, 1.82) is 0 Å². The second-order valence-electron chi connectivity index (χ2n) is 5.19. The van der Waals surface area contributed by atoms with Crippen LogP contribution in [0.4, 0.5) is 0 Å². The van der Waals surface area contributed by atoms with Crippen molar-refractivity contribution in [3.8, 4) is 5.75 Å². The highest BCUT2D eigenvalue weighted by atomic mass is 16.5. The number of ether oxygens (including phenoxy) is 1. The molecule has 0 saturated heterocycles. The van der Waals surface area contributed by atoms with E-state index in [0.717, 1.165) is 24.2 Å². The Hall–Kier alpha value is -1.81.